The molecular weight excluding hydrogens is 412 g/mol. The average molecular weight is 436 g/mol. The summed E-state index contributed by atoms with van der Waals surface area (Å²) >= 11 is 0. The number of rotatable bonds is 8. The van der Waals surface area contributed by atoms with Gasteiger partial charge in [0.1, 0.15) is 0 Å². The van der Waals surface area contributed by atoms with Crippen LogP contribution in [0.1, 0.15) is 0 Å². The van der Waals surface area contributed by atoms with E-state index in [1.54, 1.807) is 42.5 Å². The summed E-state index contributed by atoms with van der Waals surface area (Å²) in [5.74, 6) is -0.250. The third-order valence-corrected chi connectivity index (χ3v) is 6.20. The fraction of sp³-hybridized carbons (Fsp3) is 0.316. The summed E-state index contributed by atoms with van der Waals surface area (Å²) in [6.45, 7) is 0.136. The highest BCUT2D eigenvalue weighted by Crippen LogP contribution is 2.40. The van der Waals surface area contributed by atoms with Gasteiger partial charge in [-0.2, -0.15) is 0 Å². The van der Waals surface area contributed by atoms with E-state index in [-0.39, 0.29) is 6.54 Å². The third-order valence-electron chi connectivity index (χ3n) is 4.57. The molecule has 30 heavy (non-hydrogen) atoms. The van der Waals surface area contributed by atoms with Gasteiger partial charge in [0, 0.05) is 30.1 Å². The lowest BCUT2D eigenvalue weighted by atomic mass is 10.1. The van der Waals surface area contributed by atoms with Crippen LogP contribution in [-0.4, -0.2) is 47.6 Å². The second-order valence-electron chi connectivity index (χ2n) is 6.47. The summed E-state index contributed by atoms with van der Waals surface area (Å²) in [6, 6.07) is 11.6. The molecule has 10 nitrogen and oxygen atoms in total. The molecule has 11 heteroatoms. The van der Waals surface area contributed by atoms with Gasteiger partial charge in [-0.3, -0.25) is 14.9 Å². The second-order valence-corrected chi connectivity index (χ2v) is 8.27. The van der Waals surface area contributed by atoms with Gasteiger partial charge in [-0.1, -0.05) is 18.2 Å². The lowest BCUT2D eigenvalue weighted by Crippen LogP contribution is -2.45. The van der Waals surface area contributed by atoms with Crippen molar-refractivity contribution >= 4 is 27.3 Å². The SMILES string of the molecule is COc1cc(NC(=O)C2CNNC2S(=O)(=O)Nc2ccccc2)cc(OC)c1OC. The first-order valence-corrected chi connectivity index (χ1v) is 10.6. The molecule has 4 N–H and O–H groups in total. The summed E-state index contributed by atoms with van der Waals surface area (Å²) in [5.41, 5.74) is 6.21. The van der Waals surface area contributed by atoms with Crippen LogP contribution in [-0.2, 0) is 14.8 Å². The highest BCUT2D eigenvalue weighted by molar-refractivity contribution is 7.93. The first kappa shape index (κ1) is 21.7. The molecule has 0 radical (unpaired) electrons. The number of carbonyl (C=O) groups excluding carboxylic acids is 1. The summed E-state index contributed by atoms with van der Waals surface area (Å²) in [6.07, 6.45) is 0. The van der Waals surface area contributed by atoms with Crippen LogP contribution in [0.5, 0.6) is 17.2 Å². The van der Waals surface area contributed by atoms with Crippen molar-refractivity contribution in [1.29, 1.82) is 0 Å². The van der Waals surface area contributed by atoms with E-state index in [0.717, 1.165) is 0 Å². The van der Waals surface area contributed by atoms with Crippen LogP contribution in [0.2, 0.25) is 0 Å². The standard InChI is InChI=1S/C19H24N4O6S/c1-27-15-9-13(10-16(28-2)17(15)29-3)21-18(24)14-11-20-22-19(14)30(25,26)23-12-7-5-4-6-8-12/h4-10,14,19-20,22-23H,11H2,1-3H3,(H,21,24). The molecule has 2 atom stereocenters. The molecule has 2 aromatic rings. The maximum absolute atomic E-state index is 12.9. The summed E-state index contributed by atoms with van der Waals surface area (Å²) in [5, 5.41) is 1.56. The lowest BCUT2D eigenvalue weighted by Gasteiger charge is -2.20. The number of nitrogens with one attached hydrogen (secondary N) is 4. The van der Waals surface area contributed by atoms with Crippen LogP contribution in [0.3, 0.4) is 0 Å². The monoisotopic (exact) mass is 436 g/mol. The highest BCUT2D eigenvalue weighted by atomic mass is 32.2. The number of anilines is 2. The molecule has 2 unspecified atom stereocenters. The summed E-state index contributed by atoms with van der Waals surface area (Å²) in [4.78, 5) is 12.9. The van der Waals surface area contributed by atoms with Gasteiger partial charge in [0.15, 0.2) is 16.9 Å². The Balaban J connectivity index is 1.79. The quantitative estimate of drug-likeness (QED) is 0.485. The lowest BCUT2D eigenvalue weighted by molar-refractivity contribution is -0.119. The van der Waals surface area contributed by atoms with Crippen molar-refractivity contribution in [2.45, 2.75) is 5.37 Å². The molecule has 0 saturated carbocycles. The Bertz CT molecular complexity index is 974. The third kappa shape index (κ3) is 4.58. The Labute approximate surface area is 174 Å². The van der Waals surface area contributed by atoms with Crippen molar-refractivity contribution in [2.75, 3.05) is 37.9 Å². The molecule has 1 saturated heterocycles. The second kappa shape index (κ2) is 9.20. The minimum absolute atomic E-state index is 0.136. The van der Waals surface area contributed by atoms with Gasteiger partial charge in [-0.15, -0.1) is 0 Å². The Morgan fingerprint density at radius 2 is 1.63 bits per heavy atom. The molecule has 1 heterocycles. The molecule has 3 rings (SSSR count). The number of methoxy groups -OCH3 is 3. The number of hydrazine groups is 1. The fourth-order valence-corrected chi connectivity index (χ4v) is 4.61. The predicted molar refractivity (Wildman–Crippen MR) is 112 cm³/mol. The maximum Gasteiger partial charge on any atom is 0.250 e. The van der Waals surface area contributed by atoms with Crippen LogP contribution in [0, 0.1) is 5.92 Å². The van der Waals surface area contributed by atoms with Crippen molar-refractivity contribution in [3.05, 3.63) is 42.5 Å². The van der Waals surface area contributed by atoms with Crippen LogP contribution < -0.4 is 35.1 Å². The Morgan fingerprint density at radius 3 is 2.20 bits per heavy atom. The zero-order valence-corrected chi connectivity index (χ0v) is 17.6. The molecule has 1 aliphatic rings. The summed E-state index contributed by atoms with van der Waals surface area (Å²) in [7, 11) is 0.514. The number of amides is 1. The normalized spacial score (nSPS) is 18.5. The maximum atomic E-state index is 12.9. The van der Waals surface area contributed by atoms with E-state index in [0.29, 0.717) is 28.6 Å². The van der Waals surface area contributed by atoms with Crippen molar-refractivity contribution in [1.82, 2.24) is 10.9 Å². The van der Waals surface area contributed by atoms with Gasteiger partial charge in [0.05, 0.1) is 27.2 Å². The topological polar surface area (TPSA) is 127 Å². The average Bonchev–Trinajstić information content (AvgIpc) is 3.24. The van der Waals surface area contributed by atoms with Crippen LogP contribution in [0.4, 0.5) is 11.4 Å². The molecule has 2 aromatic carbocycles. The van der Waals surface area contributed by atoms with Gasteiger partial charge in [0.25, 0.3) is 10.0 Å². The minimum atomic E-state index is -3.89. The number of hydrogen-bond donors (Lipinski definition) is 4. The van der Waals surface area contributed by atoms with Crippen molar-refractivity contribution in [3.63, 3.8) is 0 Å². The molecule has 1 aliphatic heterocycles. The van der Waals surface area contributed by atoms with Crippen LogP contribution in [0.15, 0.2) is 42.5 Å². The van der Waals surface area contributed by atoms with Gasteiger partial charge >= 0.3 is 0 Å². The van der Waals surface area contributed by atoms with Crippen molar-refractivity contribution in [3.8, 4) is 17.2 Å². The molecule has 162 valence electrons. The number of benzene rings is 2. The van der Waals surface area contributed by atoms with Crippen LogP contribution in [0.25, 0.3) is 0 Å². The molecule has 0 bridgehead atoms. The molecule has 0 aliphatic carbocycles. The van der Waals surface area contributed by atoms with Gasteiger partial charge in [-0.05, 0) is 12.1 Å². The molecular formula is C19H24N4O6S. The van der Waals surface area contributed by atoms with E-state index in [1.807, 2.05) is 0 Å². The van der Waals surface area contributed by atoms with E-state index >= 15 is 0 Å². The Morgan fingerprint density at radius 1 is 1.00 bits per heavy atom. The number of para-hydroxylation sites is 1. The van der Waals surface area contributed by atoms with E-state index in [1.165, 1.54) is 21.3 Å². The van der Waals surface area contributed by atoms with Gasteiger partial charge in [0.2, 0.25) is 11.7 Å². The molecule has 0 aromatic heterocycles. The van der Waals surface area contributed by atoms with Gasteiger partial charge in [-0.25, -0.2) is 13.8 Å². The smallest absolute Gasteiger partial charge is 0.250 e. The Hall–Kier alpha value is -3.02. The van der Waals surface area contributed by atoms with E-state index in [9.17, 15) is 13.2 Å². The van der Waals surface area contributed by atoms with E-state index in [4.69, 9.17) is 14.2 Å². The van der Waals surface area contributed by atoms with Gasteiger partial charge < -0.3 is 19.5 Å². The van der Waals surface area contributed by atoms with Crippen LogP contribution >= 0.6 is 0 Å². The number of sulfonamides is 1. The van der Waals surface area contributed by atoms with Crippen molar-refractivity contribution < 1.29 is 27.4 Å². The molecule has 1 amide bonds. The Kier molecular flexibility index (Phi) is 6.65. The first-order chi connectivity index (χ1) is 14.4. The molecule has 1 fully saturated rings. The fourth-order valence-electron chi connectivity index (χ4n) is 3.12. The zero-order valence-electron chi connectivity index (χ0n) is 16.8. The highest BCUT2D eigenvalue weighted by Gasteiger charge is 2.42. The summed E-state index contributed by atoms with van der Waals surface area (Å²) < 4.78 is 43.9. The predicted octanol–water partition coefficient (Wildman–Crippen LogP) is 1.14. The first-order valence-electron chi connectivity index (χ1n) is 9.05. The number of carbonyl (C=O) groups is 1. The van der Waals surface area contributed by atoms with Crippen molar-refractivity contribution in [2.24, 2.45) is 5.92 Å². The minimum Gasteiger partial charge on any atom is -0.493 e. The zero-order chi connectivity index (χ0) is 21.7. The molecule has 0 spiro atoms. The van der Waals surface area contributed by atoms with E-state index < -0.39 is 27.2 Å². The largest absolute Gasteiger partial charge is 0.493 e. The number of ether oxygens (including phenoxy) is 3. The number of hydrogen-bond acceptors (Lipinski definition) is 8. The van der Waals surface area contributed by atoms with E-state index in [2.05, 4.69) is 20.9 Å².